The molecule has 3 aromatic carbocycles. The van der Waals surface area contributed by atoms with Gasteiger partial charge in [0.15, 0.2) is 0 Å². The number of halogens is 3. The second-order valence-corrected chi connectivity index (χ2v) is 9.51. The number of primary amides is 1. The van der Waals surface area contributed by atoms with E-state index in [1.54, 1.807) is 48.5 Å². The van der Waals surface area contributed by atoms with Crippen LogP contribution in [0, 0.1) is 17.2 Å². The number of benzodiazepines with no additional fused rings is 1. The topological polar surface area (TPSA) is 147 Å². The highest BCUT2D eigenvalue weighted by Gasteiger charge is 2.39. The summed E-state index contributed by atoms with van der Waals surface area (Å²) in [7, 11) is 1.35. The number of hydrogen-bond acceptors (Lipinski definition) is 6. The van der Waals surface area contributed by atoms with Crippen LogP contribution in [0.3, 0.4) is 0 Å². The fraction of sp³-hybridized carbons (Fsp3) is 0.233. The summed E-state index contributed by atoms with van der Waals surface area (Å²) in [5, 5.41) is 14.6. The van der Waals surface area contributed by atoms with Crippen LogP contribution in [0.15, 0.2) is 77.8 Å². The summed E-state index contributed by atoms with van der Waals surface area (Å²) in [6.45, 7) is 0. The van der Waals surface area contributed by atoms with Crippen molar-refractivity contribution >= 4 is 29.1 Å². The van der Waals surface area contributed by atoms with Gasteiger partial charge in [0.1, 0.15) is 5.75 Å². The molecule has 42 heavy (non-hydrogen) atoms. The highest BCUT2D eigenvalue weighted by Crippen LogP contribution is 2.35. The molecule has 0 aliphatic carbocycles. The van der Waals surface area contributed by atoms with Crippen LogP contribution in [-0.4, -0.2) is 42.9 Å². The van der Waals surface area contributed by atoms with Crippen molar-refractivity contribution in [2.75, 3.05) is 12.4 Å². The van der Waals surface area contributed by atoms with Gasteiger partial charge in [-0.05, 0) is 18.1 Å². The molecule has 0 radical (unpaired) electrons. The number of rotatable bonds is 9. The van der Waals surface area contributed by atoms with Gasteiger partial charge in [0.05, 0.1) is 42.0 Å². The van der Waals surface area contributed by atoms with Crippen molar-refractivity contribution in [3.63, 3.8) is 0 Å². The maximum atomic E-state index is 13.6. The highest BCUT2D eigenvalue weighted by molar-refractivity contribution is 6.20. The summed E-state index contributed by atoms with van der Waals surface area (Å²) in [5.74, 6) is -5.64. The predicted molar refractivity (Wildman–Crippen MR) is 148 cm³/mol. The minimum atomic E-state index is -4.62. The first-order valence-electron chi connectivity index (χ1n) is 12.8. The van der Waals surface area contributed by atoms with Gasteiger partial charge in [-0.1, -0.05) is 60.7 Å². The van der Waals surface area contributed by atoms with Crippen LogP contribution in [0.5, 0.6) is 5.75 Å². The Bertz CT molecular complexity index is 1550. The van der Waals surface area contributed by atoms with Crippen LogP contribution in [0.1, 0.15) is 41.0 Å². The lowest BCUT2D eigenvalue weighted by Gasteiger charge is -2.26. The van der Waals surface area contributed by atoms with E-state index in [1.807, 2.05) is 6.07 Å². The van der Waals surface area contributed by atoms with E-state index >= 15 is 0 Å². The number of methoxy groups -OCH3 is 1. The SMILES string of the molecule is COc1cc(C#N)cc2c1NC(=O)C(NC(=O)[C@H](CCC(F)(F)F)[C@@H](C(N)=O)c1ccccc1)N=C2c1ccccc1. The van der Waals surface area contributed by atoms with E-state index in [1.165, 1.54) is 31.4 Å². The zero-order valence-corrected chi connectivity index (χ0v) is 22.3. The Balaban J connectivity index is 1.79. The van der Waals surface area contributed by atoms with Gasteiger partial charge in [0.2, 0.25) is 18.0 Å². The maximum Gasteiger partial charge on any atom is 0.389 e. The van der Waals surface area contributed by atoms with Crippen LogP contribution < -0.4 is 21.1 Å². The number of carbonyl (C=O) groups excluding carboxylic acids is 3. The Morgan fingerprint density at radius 3 is 2.33 bits per heavy atom. The summed E-state index contributed by atoms with van der Waals surface area (Å²) < 4.78 is 45.2. The van der Waals surface area contributed by atoms with Gasteiger partial charge in [-0.3, -0.25) is 14.4 Å². The van der Waals surface area contributed by atoms with Crippen LogP contribution in [0.2, 0.25) is 0 Å². The smallest absolute Gasteiger partial charge is 0.389 e. The zero-order valence-electron chi connectivity index (χ0n) is 22.3. The van der Waals surface area contributed by atoms with Crippen LogP contribution in [0.4, 0.5) is 18.9 Å². The molecule has 216 valence electrons. The quantitative estimate of drug-likeness (QED) is 0.352. The fourth-order valence-corrected chi connectivity index (χ4v) is 4.79. The number of hydrogen-bond donors (Lipinski definition) is 3. The molecule has 1 unspecified atom stereocenters. The van der Waals surface area contributed by atoms with Crippen molar-refractivity contribution in [2.45, 2.75) is 31.1 Å². The maximum absolute atomic E-state index is 13.6. The molecule has 1 aliphatic heterocycles. The molecule has 4 N–H and O–H groups in total. The normalized spacial score (nSPS) is 16.0. The number of benzene rings is 3. The number of amides is 3. The molecule has 4 rings (SSSR count). The second kappa shape index (κ2) is 12.6. The number of nitrogens with one attached hydrogen (secondary N) is 2. The number of ether oxygens (including phenoxy) is 1. The van der Waals surface area contributed by atoms with Crippen molar-refractivity contribution < 1.29 is 32.3 Å². The fourth-order valence-electron chi connectivity index (χ4n) is 4.79. The van der Waals surface area contributed by atoms with Gasteiger partial charge in [-0.25, -0.2) is 4.99 Å². The molecule has 0 bridgehead atoms. The van der Waals surface area contributed by atoms with E-state index in [4.69, 9.17) is 10.5 Å². The molecular formula is C30H26F3N5O4. The van der Waals surface area contributed by atoms with E-state index in [9.17, 15) is 32.8 Å². The standard InChI is InChI=1S/C30H26F3N5O4/c1-42-22-15-17(16-34)14-21-24(19-10-6-3-7-11-19)36-27(29(41)37-25(21)22)38-28(40)20(12-13-30(31,32)33)23(26(35)39)18-8-4-2-5-9-18/h2-11,14-15,20,23,27H,12-13H2,1H3,(H2,35,39)(H,37,41)(H,38,40)/t20-,23+,27?/m1/s1. The average Bonchev–Trinajstić information content (AvgIpc) is 3.10. The van der Waals surface area contributed by atoms with E-state index in [0.717, 1.165) is 0 Å². The third-order valence-corrected chi connectivity index (χ3v) is 6.73. The highest BCUT2D eigenvalue weighted by atomic mass is 19.4. The Hall–Kier alpha value is -5.18. The van der Waals surface area contributed by atoms with E-state index in [0.29, 0.717) is 11.1 Å². The lowest BCUT2D eigenvalue weighted by Crippen LogP contribution is -2.47. The lowest BCUT2D eigenvalue weighted by molar-refractivity contribution is -0.144. The molecule has 3 atom stereocenters. The van der Waals surface area contributed by atoms with Crippen LogP contribution in [-0.2, 0) is 14.4 Å². The van der Waals surface area contributed by atoms with Crippen molar-refractivity contribution in [3.05, 3.63) is 95.1 Å². The molecule has 0 saturated carbocycles. The number of anilines is 1. The minimum absolute atomic E-state index is 0.161. The Morgan fingerprint density at radius 1 is 1.12 bits per heavy atom. The number of fused-ring (bicyclic) bond motifs is 1. The van der Waals surface area contributed by atoms with E-state index in [-0.39, 0.29) is 28.3 Å². The van der Waals surface area contributed by atoms with E-state index in [2.05, 4.69) is 15.6 Å². The molecule has 0 fully saturated rings. The number of nitrogens with two attached hydrogens (primary N) is 1. The summed E-state index contributed by atoms with van der Waals surface area (Å²) in [4.78, 5) is 44.1. The van der Waals surface area contributed by atoms with Crippen molar-refractivity contribution in [2.24, 2.45) is 16.6 Å². The van der Waals surface area contributed by atoms with Crippen LogP contribution >= 0.6 is 0 Å². The van der Waals surface area contributed by atoms with Gasteiger partial charge in [-0.2, -0.15) is 18.4 Å². The van der Waals surface area contributed by atoms with Crippen LogP contribution in [0.25, 0.3) is 0 Å². The molecular weight excluding hydrogens is 551 g/mol. The number of alkyl halides is 3. The summed E-state index contributed by atoms with van der Waals surface area (Å²) in [6, 6.07) is 21.3. The summed E-state index contributed by atoms with van der Waals surface area (Å²) in [6.07, 6.45) is -8.36. The first-order chi connectivity index (χ1) is 20.0. The first kappa shape index (κ1) is 29.8. The van der Waals surface area contributed by atoms with Gasteiger partial charge < -0.3 is 21.1 Å². The molecule has 3 amide bonds. The first-order valence-corrected chi connectivity index (χ1v) is 12.8. The Morgan fingerprint density at radius 2 is 1.76 bits per heavy atom. The molecule has 12 heteroatoms. The molecule has 0 saturated heterocycles. The molecule has 1 aliphatic rings. The Labute approximate surface area is 239 Å². The van der Waals surface area contributed by atoms with Gasteiger partial charge >= 0.3 is 6.18 Å². The van der Waals surface area contributed by atoms with Gasteiger partial charge in [0, 0.05) is 23.6 Å². The third-order valence-electron chi connectivity index (χ3n) is 6.73. The third kappa shape index (κ3) is 6.75. The predicted octanol–water partition coefficient (Wildman–Crippen LogP) is 4.03. The second-order valence-electron chi connectivity index (χ2n) is 9.51. The number of aliphatic imine (C=N–C) groups is 1. The lowest BCUT2D eigenvalue weighted by atomic mass is 9.81. The molecule has 0 spiro atoms. The van der Waals surface area contributed by atoms with Gasteiger partial charge in [-0.15, -0.1) is 0 Å². The minimum Gasteiger partial charge on any atom is -0.495 e. The van der Waals surface area contributed by atoms with Crippen molar-refractivity contribution in [3.8, 4) is 11.8 Å². The number of nitrogens with zero attached hydrogens (tertiary/aromatic N) is 2. The molecule has 9 nitrogen and oxygen atoms in total. The summed E-state index contributed by atoms with van der Waals surface area (Å²) >= 11 is 0. The average molecular weight is 578 g/mol. The monoisotopic (exact) mass is 577 g/mol. The molecule has 3 aromatic rings. The largest absolute Gasteiger partial charge is 0.495 e. The van der Waals surface area contributed by atoms with Crippen molar-refractivity contribution in [1.29, 1.82) is 5.26 Å². The van der Waals surface area contributed by atoms with E-state index < -0.39 is 54.7 Å². The zero-order chi connectivity index (χ0) is 30.4. The summed E-state index contributed by atoms with van der Waals surface area (Å²) in [5.41, 5.74) is 7.33. The molecule has 0 aromatic heterocycles. The Kier molecular flexibility index (Phi) is 8.90. The van der Waals surface area contributed by atoms with Crippen molar-refractivity contribution in [1.82, 2.24) is 5.32 Å². The van der Waals surface area contributed by atoms with Gasteiger partial charge in [0.25, 0.3) is 5.91 Å². The number of nitriles is 1. The number of carbonyl (C=O) groups is 3. The molecule has 1 heterocycles.